The fourth-order valence-corrected chi connectivity index (χ4v) is 12.5. The van der Waals surface area contributed by atoms with E-state index in [0.717, 1.165) is 46.0 Å². The minimum Gasteiger partial charge on any atom is -0.394 e. The Bertz CT molecular complexity index is 2330. The van der Waals surface area contributed by atoms with Crippen LogP contribution in [0.5, 0.6) is 0 Å². The Morgan fingerprint density at radius 3 is 1.60 bits per heavy atom. The highest BCUT2D eigenvalue weighted by Gasteiger charge is 2.60. The second-order valence-electron chi connectivity index (χ2n) is 25.6. The summed E-state index contributed by atoms with van der Waals surface area (Å²) in [5.41, 5.74) is 0. The summed E-state index contributed by atoms with van der Waals surface area (Å²) in [5, 5.41) is 184. The number of nitrogens with one attached hydrogen (secondary N) is 3. The van der Waals surface area contributed by atoms with Crippen LogP contribution in [0, 0.1) is 0 Å². The normalized spacial score (nSPS) is 37.0. The Kier molecular flexibility index (Phi) is 37.2. The second-order valence-corrected chi connectivity index (χ2v) is 25.6. The molecule has 14 unspecified atom stereocenters. The molecule has 0 aromatic rings. The molecule has 5 saturated heterocycles. The van der Waals surface area contributed by atoms with Crippen LogP contribution < -0.4 is 16.0 Å². The summed E-state index contributed by atoms with van der Waals surface area (Å²) in [6, 6.07) is -4.65. The van der Waals surface area contributed by atoms with Gasteiger partial charge in [-0.15, -0.1) is 0 Å². The van der Waals surface area contributed by atoms with Crippen molar-refractivity contribution >= 4 is 24.0 Å². The highest BCUT2D eigenvalue weighted by Crippen LogP contribution is 2.40. The molecule has 3 amide bonds. The van der Waals surface area contributed by atoms with E-state index in [1.165, 1.54) is 63.9 Å². The Hall–Kier alpha value is -3.48. The first-order chi connectivity index (χ1) is 46.4. The summed E-state index contributed by atoms with van der Waals surface area (Å²) in [6.45, 7) is 0.267. The van der Waals surface area contributed by atoms with Crippen LogP contribution in [0.15, 0.2) is 24.3 Å². The molecule has 5 fully saturated rings. The van der Waals surface area contributed by atoms with Gasteiger partial charge in [0.05, 0.1) is 63.9 Å². The molecule has 0 radical (unpaired) electrons. The quantitative estimate of drug-likeness (QED) is 0.0155. The molecule has 0 aromatic carbocycles. The number of aliphatic hydroxyl groups excluding tert-OH is 16. The van der Waals surface area contributed by atoms with Gasteiger partial charge >= 0.3 is 0 Å². The third kappa shape index (κ3) is 24.3. The van der Waals surface area contributed by atoms with Crippen molar-refractivity contribution in [2.45, 2.75) is 314 Å². The number of allylic oxidation sites excluding steroid dienone is 3. The van der Waals surface area contributed by atoms with Crippen molar-refractivity contribution in [3.05, 3.63) is 24.3 Å². The molecule has 28 atom stereocenters. The van der Waals surface area contributed by atoms with Gasteiger partial charge in [-0.3, -0.25) is 19.2 Å². The average molecular weight is 1400 g/mol. The van der Waals surface area contributed by atoms with E-state index in [1.54, 1.807) is 12.2 Å². The second kappa shape index (κ2) is 42.8. The fourth-order valence-electron chi connectivity index (χ4n) is 12.5. The van der Waals surface area contributed by atoms with E-state index in [-0.39, 0.29) is 12.7 Å². The number of ether oxygens (including phenoxy) is 10. The smallest absolute Gasteiger partial charge is 0.229 e. The molecule has 5 rings (SSSR count). The number of aliphatic hydroxyl groups is 16. The Morgan fingerprint density at radius 1 is 0.546 bits per heavy atom. The number of carbonyl (C=O) groups excluding carboxylic acids is 4. The van der Waals surface area contributed by atoms with E-state index in [2.05, 4.69) is 22.9 Å². The lowest BCUT2D eigenvalue weighted by Gasteiger charge is -2.52. The molecule has 33 heteroatoms. The van der Waals surface area contributed by atoms with Crippen molar-refractivity contribution in [3.63, 3.8) is 0 Å². The lowest BCUT2D eigenvalue weighted by Crippen LogP contribution is -2.71. The lowest BCUT2D eigenvalue weighted by molar-refractivity contribution is -0.400. The molecule has 5 aliphatic heterocycles. The van der Waals surface area contributed by atoms with Crippen molar-refractivity contribution in [2.24, 2.45) is 0 Å². The average Bonchev–Trinajstić information content (AvgIpc) is 0.759. The number of aldehydes is 1. The summed E-state index contributed by atoms with van der Waals surface area (Å²) in [7, 11) is 0. The Balaban J connectivity index is 1.40. The van der Waals surface area contributed by atoms with Crippen molar-refractivity contribution in [2.75, 3.05) is 39.6 Å². The van der Waals surface area contributed by atoms with Gasteiger partial charge in [0.15, 0.2) is 31.4 Å². The van der Waals surface area contributed by atoms with Crippen molar-refractivity contribution in [3.8, 4) is 0 Å². The molecule has 5 aliphatic rings. The SMILES string of the molecule is CC/C=C\C=C/[C@@H](O)[C@H](CO[C@@H]1OC(CO)[C@@H](O[C@@H]2OC(CO)[C@H](O[C@@H]3OC(CO)[C@H](O)C(O[C@@H]4OC(CO)[C@H](O)C(O)C4O)C3NC(C)=O)C(O[C@]3(C=O)CC(O)[C@@H](NC(C)=O)C([C@H](O)[C@H](O)CO)O3)C2O)C(O)C1O)NC(=O)CCCCCCCCCCCCCCCCC. The zero-order valence-corrected chi connectivity index (χ0v) is 55.8. The van der Waals surface area contributed by atoms with Crippen LogP contribution in [0.3, 0.4) is 0 Å². The summed E-state index contributed by atoms with van der Waals surface area (Å²) >= 11 is 0. The van der Waals surface area contributed by atoms with Gasteiger partial charge in [-0.05, 0) is 12.8 Å². The molecule has 19 N–H and O–H groups in total. The number of rotatable bonds is 42. The van der Waals surface area contributed by atoms with Crippen molar-refractivity contribution < 1.29 is 148 Å². The molecule has 0 spiro atoms. The van der Waals surface area contributed by atoms with Crippen molar-refractivity contribution in [1.82, 2.24) is 16.0 Å². The van der Waals surface area contributed by atoms with Gasteiger partial charge in [-0.2, -0.15) is 0 Å². The molecule has 5 heterocycles. The third-order valence-corrected chi connectivity index (χ3v) is 18.0. The first-order valence-corrected chi connectivity index (χ1v) is 34.1. The van der Waals surface area contributed by atoms with Crippen LogP contribution in [0.4, 0.5) is 0 Å². The molecule has 0 saturated carbocycles. The summed E-state index contributed by atoms with van der Waals surface area (Å²) < 4.78 is 60.0. The number of amides is 3. The van der Waals surface area contributed by atoms with E-state index in [9.17, 15) is 101 Å². The third-order valence-electron chi connectivity index (χ3n) is 18.0. The molecule has 562 valence electrons. The van der Waals surface area contributed by atoms with Crippen LogP contribution in [0.1, 0.15) is 143 Å². The summed E-state index contributed by atoms with van der Waals surface area (Å²) in [6.07, 6.45) is -24.5. The predicted octanol–water partition coefficient (Wildman–Crippen LogP) is -4.66. The highest BCUT2D eigenvalue weighted by molar-refractivity contribution is 5.76. The maximum atomic E-state index is 13.6. The monoisotopic (exact) mass is 1400 g/mol. The Labute approximate surface area is 564 Å². The van der Waals surface area contributed by atoms with Crippen molar-refractivity contribution in [1.29, 1.82) is 0 Å². The molecule has 97 heavy (non-hydrogen) atoms. The van der Waals surface area contributed by atoms with Gasteiger partial charge in [-0.1, -0.05) is 128 Å². The minimum atomic E-state index is -2.94. The largest absolute Gasteiger partial charge is 0.394 e. The zero-order valence-electron chi connectivity index (χ0n) is 55.8. The maximum Gasteiger partial charge on any atom is 0.229 e. The van der Waals surface area contributed by atoms with Crippen LogP contribution in [0.2, 0.25) is 0 Å². The van der Waals surface area contributed by atoms with Crippen LogP contribution in [0.25, 0.3) is 0 Å². The fraction of sp³-hybridized carbons (Fsp3) is 0.875. The summed E-state index contributed by atoms with van der Waals surface area (Å²) in [5.74, 6) is -5.04. The van der Waals surface area contributed by atoms with Gasteiger partial charge < -0.3 is 145 Å². The van der Waals surface area contributed by atoms with E-state index in [4.69, 9.17) is 47.4 Å². The van der Waals surface area contributed by atoms with Gasteiger partial charge in [0, 0.05) is 26.7 Å². The molecule has 0 aliphatic carbocycles. The molecule has 0 bridgehead atoms. The maximum absolute atomic E-state index is 13.6. The van der Waals surface area contributed by atoms with Gasteiger partial charge in [0.1, 0.15) is 116 Å². The van der Waals surface area contributed by atoms with Gasteiger partial charge in [-0.25, -0.2) is 0 Å². The number of hydrogen-bond acceptors (Lipinski definition) is 30. The summed E-state index contributed by atoms with van der Waals surface area (Å²) in [4.78, 5) is 52.3. The number of unbranched alkanes of at least 4 members (excludes halogenated alkanes) is 14. The molecular formula is C64H111N3O30. The zero-order chi connectivity index (χ0) is 71.5. The molecule has 33 nitrogen and oxygen atoms in total. The number of carbonyl (C=O) groups is 4. The van der Waals surface area contributed by atoms with E-state index in [0.29, 0.717) is 12.8 Å². The van der Waals surface area contributed by atoms with Gasteiger partial charge in [0.25, 0.3) is 0 Å². The van der Waals surface area contributed by atoms with Gasteiger partial charge in [0.2, 0.25) is 23.5 Å². The highest BCUT2D eigenvalue weighted by atomic mass is 16.8. The Morgan fingerprint density at radius 2 is 1.04 bits per heavy atom. The lowest BCUT2D eigenvalue weighted by atomic mass is 9.88. The standard InChI is InChI=1S/C64H111N3O30/c1-5-7-9-11-12-13-14-15-16-17-18-19-20-21-23-25-44(79)67-36(37(76)24-22-10-8-6-2)32-88-61-53(86)51(84)55(42(30-71)91-61)93-63-54(87)59(97-64(33-73)26-38(77)45(65-34(3)74)58(96-64)47(80)39(78)27-68)56(43(31-72)92-63)94-60-46(66-35(4)75)57(49(82)41(29-70)89-60)95-62-52(85)50(83)48(81)40(28-69)90-62/h8,10,22,24,33,36-43,45-63,68-72,76-78,80-87H,5-7,9,11-21,23,25-32H2,1-4H3,(H,65,74)(H,66,75)(H,67,79)/b10-8-,24-22-/t36-,37+,38?,39+,40?,41?,42?,43?,45+,46?,47+,48-,49-,50?,51?,52?,53?,54?,55+,56-,57?,58?,59?,60-,61+,62-,63-,64-/m0/s1. The van der Waals surface area contributed by atoms with E-state index in [1.807, 2.05) is 13.0 Å². The predicted molar refractivity (Wildman–Crippen MR) is 335 cm³/mol. The molecular weight excluding hydrogens is 1290 g/mol. The van der Waals surface area contributed by atoms with Crippen LogP contribution in [-0.4, -0.2) is 317 Å². The topological polar surface area (TPSA) is 520 Å². The minimum absolute atomic E-state index is 0.0681. The first-order valence-electron chi connectivity index (χ1n) is 34.1. The first kappa shape index (κ1) is 84.2. The van der Waals surface area contributed by atoms with E-state index < -0.39 is 235 Å². The van der Waals surface area contributed by atoms with Crippen LogP contribution >= 0.6 is 0 Å². The van der Waals surface area contributed by atoms with Crippen LogP contribution in [-0.2, 0) is 66.5 Å². The van der Waals surface area contributed by atoms with E-state index >= 15 is 0 Å². The molecule has 0 aromatic heterocycles. The number of hydrogen-bond donors (Lipinski definition) is 19.